The number of anilines is 1. The molecule has 1 N–H and O–H groups in total. The minimum absolute atomic E-state index is 0.00547. The molecule has 3 aliphatic heterocycles. The number of hydrogen-bond acceptors (Lipinski definition) is 4. The number of carbonyl (C=O) groups excluding carboxylic acids is 1. The predicted octanol–water partition coefficient (Wildman–Crippen LogP) is 4.42. The minimum atomic E-state index is -0.724. The van der Waals surface area contributed by atoms with Crippen LogP contribution < -0.4 is 4.90 Å². The third kappa shape index (κ3) is 4.33. The summed E-state index contributed by atoms with van der Waals surface area (Å²) < 4.78 is 28.6. The highest BCUT2D eigenvalue weighted by atomic mass is 19.1. The predicted molar refractivity (Wildman–Crippen MR) is 121 cm³/mol. The van der Waals surface area contributed by atoms with Crippen molar-refractivity contribution in [1.82, 2.24) is 9.88 Å². The van der Waals surface area contributed by atoms with E-state index in [1.807, 2.05) is 18.3 Å². The van der Waals surface area contributed by atoms with Crippen molar-refractivity contribution in [1.29, 1.82) is 0 Å². The molecule has 4 heterocycles. The van der Waals surface area contributed by atoms with Gasteiger partial charge in [0.25, 0.3) is 5.91 Å². The minimum Gasteiger partial charge on any atom is -0.508 e. The summed E-state index contributed by atoms with van der Waals surface area (Å²) >= 11 is 0. The number of halogens is 2. The normalized spacial score (nSPS) is 23.9. The summed E-state index contributed by atoms with van der Waals surface area (Å²) in [6, 6.07) is 12.9. The first-order valence-electron chi connectivity index (χ1n) is 11.2. The molecular weight excluding hydrogens is 424 g/mol. The van der Waals surface area contributed by atoms with Gasteiger partial charge in [-0.25, -0.2) is 8.78 Å². The Morgan fingerprint density at radius 1 is 1.06 bits per heavy atom. The fraction of sp³-hybridized carbons (Fsp3) is 0.308. The molecule has 0 aliphatic carbocycles. The van der Waals surface area contributed by atoms with E-state index in [9.17, 15) is 18.7 Å². The molecule has 7 heteroatoms. The smallest absolute Gasteiger partial charge is 0.258 e. The number of hydrogen-bond donors (Lipinski definition) is 1. The van der Waals surface area contributed by atoms with Crippen LogP contribution in [0.15, 0.2) is 67.0 Å². The molecule has 3 saturated heterocycles. The van der Waals surface area contributed by atoms with E-state index in [1.54, 1.807) is 11.1 Å². The third-order valence-electron chi connectivity index (χ3n) is 6.84. The zero-order valence-electron chi connectivity index (χ0n) is 18.1. The lowest BCUT2D eigenvalue weighted by Gasteiger charge is -2.54. The molecule has 6 rings (SSSR count). The van der Waals surface area contributed by atoms with Crippen molar-refractivity contribution in [2.45, 2.75) is 31.3 Å². The molecule has 3 aromatic rings. The Labute approximate surface area is 191 Å². The molecular formula is C26H25F2N3O2. The summed E-state index contributed by atoms with van der Waals surface area (Å²) in [6.45, 7) is 1.87. The van der Waals surface area contributed by atoms with Gasteiger partial charge in [-0.15, -0.1) is 0 Å². The molecule has 1 aromatic heterocycles. The van der Waals surface area contributed by atoms with E-state index in [2.05, 4.69) is 9.88 Å². The van der Waals surface area contributed by atoms with Crippen LogP contribution in [0.25, 0.3) is 0 Å². The Bertz CT molecular complexity index is 1110. The highest BCUT2D eigenvalue weighted by Gasteiger charge is 2.47. The average molecular weight is 450 g/mol. The first-order valence-corrected chi connectivity index (χ1v) is 11.2. The Balaban J connectivity index is 1.60. The van der Waals surface area contributed by atoms with Gasteiger partial charge in [-0.1, -0.05) is 6.07 Å². The van der Waals surface area contributed by atoms with Gasteiger partial charge in [0.15, 0.2) is 0 Å². The van der Waals surface area contributed by atoms with Crippen LogP contribution in [0.1, 0.15) is 28.8 Å². The molecule has 1 amide bonds. The molecule has 2 atom stereocenters. The first kappa shape index (κ1) is 21.5. The van der Waals surface area contributed by atoms with E-state index >= 15 is 0 Å². The molecule has 2 unspecified atom stereocenters. The molecule has 33 heavy (non-hydrogen) atoms. The number of fused-ring (bicyclic) bond motifs is 3. The maximum absolute atomic E-state index is 14.3. The number of benzene rings is 2. The summed E-state index contributed by atoms with van der Waals surface area (Å²) in [6.07, 6.45) is 6.09. The maximum atomic E-state index is 14.3. The zero-order valence-corrected chi connectivity index (χ0v) is 18.1. The molecule has 3 aliphatic rings. The lowest BCUT2D eigenvalue weighted by molar-refractivity contribution is 0.0243. The van der Waals surface area contributed by atoms with Gasteiger partial charge in [-0.2, -0.15) is 0 Å². The van der Waals surface area contributed by atoms with E-state index in [0.29, 0.717) is 12.0 Å². The number of carbonyl (C=O) groups is 1. The van der Waals surface area contributed by atoms with Crippen LogP contribution in [0.4, 0.5) is 14.5 Å². The van der Waals surface area contributed by atoms with Gasteiger partial charge in [0.05, 0.1) is 11.7 Å². The number of aromatic nitrogens is 1. The van der Waals surface area contributed by atoms with Gasteiger partial charge in [0, 0.05) is 30.1 Å². The van der Waals surface area contributed by atoms with Crippen molar-refractivity contribution in [3.8, 4) is 5.75 Å². The summed E-state index contributed by atoms with van der Waals surface area (Å²) in [5, 5.41) is 9.67. The second kappa shape index (κ2) is 8.90. The largest absolute Gasteiger partial charge is 0.508 e. The fourth-order valence-electron chi connectivity index (χ4n) is 5.36. The number of aromatic hydroxyl groups is 1. The second-order valence-electron chi connectivity index (χ2n) is 8.85. The summed E-state index contributed by atoms with van der Waals surface area (Å²) in [7, 11) is 0. The number of phenols is 1. The van der Waals surface area contributed by atoms with Gasteiger partial charge >= 0.3 is 0 Å². The Hall–Kier alpha value is -3.32. The second-order valence-corrected chi connectivity index (χ2v) is 8.85. The van der Waals surface area contributed by atoms with Crippen molar-refractivity contribution in [2.75, 3.05) is 18.0 Å². The summed E-state index contributed by atoms with van der Waals surface area (Å²) in [5.74, 6) is -1.52. The molecule has 0 spiro atoms. The standard InChI is InChI=1S/C26H25F2N3O2/c27-20-13-21(28)15-22(14-20)31(26(33)19-3-5-23(32)6-4-19)25-18-7-10-30(11-8-18)24(25)12-17-2-1-9-29-16-17/h1-6,9,13-16,18,24-25,32H,7-8,10-12H2. The van der Waals surface area contributed by atoms with Gasteiger partial charge in [-0.3, -0.25) is 14.7 Å². The van der Waals surface area contributed by atoms with E-state index in [1.165, 1.54) is 36.4 Å². The summed E-state index contributed by atoms with van der Waals surface area (Å²) in [4.78, 5) is 22.0. The van der Waals surface area contributed by atoms with Gasteiger partial charge in [0.1, 0.15) is 17.4 Å². The fourth-order valence-corrected chi connectivity index (χ4v) is 5.36. The number of amides is 1. The molecule has 2 aromatic carbocycles. The molecule has 170 valence electrons. The summed E-state index contributed by atoms with van der Waals surface area (Å²) in [5.41, 5.74) is 1.62. The zero-order chi connectivity index (χ0) is 22.9. The van der Waals surface area contributed by atoms with Crippen LogP contribution in [-0.4, -0.2) is 46.1 Å². The monoisotopic (exact) mass is 449 g/mol. The molecule has 5 nitrogen and oxygen atoms in total. The van der Waals surface area contributed by atoms with Crippen molar-refractivity contribution >= 4 is 11.6 Å². The Morgan fingerprint density at radius 3 is 2.39 bits per heavy atom. The topological polar surface area (TPSA) is 56.7 Å². The Kier molecular flexibility index (Phi) is 5.81. The van der Waals surface area contributed by atoms with E-state index in [-0.39, 0.29) is 35.3 Å². The molecule has 3 fully saturated rings. The van der Waals surface area contributed by atoms with Gasteiger partial charge in [-0.05, 0) is 86.3 Å². The number of piperidine rings is 3. The van der Waals surface area contributed by atoms with Crippen LogP contribution in [0.2, 0.25) is 0 Å². The van der Waals surface area contributed by atoms with Crippen LogP contribution in [-0.2, 0) is 6.42 Å². The average Bonchev–Trinajstić information content (AvgIpc) is 2.81. The SMILES string of the molecule is O=C(c1ccc(O)cc1)N(c1cc(F)cc(F)c1)C1C2CCN(CC2)C1Cc1cccnc1. The highest BCUT2D eigenvalue weighted by molar-refractivity contribution is 6.06. The lowest BCUT2D eigenvalue weighted by Crippen LogP contribution is -2.65. The maximum Gasteiger partial charge on any atom is 0.258 e. The highest BCUT2D eigenvalue weighted by Crippen LogP contribution is 2.40. The third-order valence-corrected chi connectivity index (χ3v) is 6.84. The molecule has 0 saturated carbocycles. The van der Waals surface area contributed by atoms with Crippen LogP contribution >= 0.6 is 0 Å². The number of phenolic OH excluding ortho intramolecular Hbond substituents is 1. The van der Waals surface area contributed by atoms with Crippen LogP contribution in [0.3, 0.4) is 0 Å². The van der Waals surface area contributed by atoms with Crippen LogP contribution in [0, 0.1) is 17.6 Å². The lowest BCUT2D eigenvalue weighted by atomic mass is 9.75. The number of pyridine rings is 1. The number of nitrogens with zero attached hydrogens (tertiary/aromatic N) is 3. The van der Waals surface area contributed by atoms with Crippen molar-refractivity contribution in [3.05, 3.63) is 89.8 Å². The number of rotatable bonds is 5. The van der Waals surface area contributed by atoms with Crippen molar-refractivity contribution in [2.24, 2.45) is 5.92 Å². The van der Waals surface area contributed by atoms with Gasteiger partial charge < -0.3 is 10.0 Å². The molecule has 0 radical (unpaired) electrons. The quantitative estimate of drug-likeness (QED) is 0.627. The van der Waals surface area contributed by atoms with Crippen LogP contribution in [0.5, 0.6) is 5.75 Å². The van der Waals surface area contributed by atoms with Crippen molar-refractivity contribution < 1.29 is 18.7 Å². The Morgan fingerprint density at radius 2 is 1.76 bits per heavy atom. The van der Waals surface area contributed by atoms with E-state index in [0.717, 1.165) is 37.6 Å². The first-order chi connectivity index (χ1) is 16.0. The van der Waals surface area contributed by atoms with E-state index in [4.69, 9.17) is 0 Å². The van der Waals surface area contributed by atoms with Crippen molar-refractivity contribution in [3.63, 3.8) is 0 Å². The van der Waals surface area contributed by atoms with E-state index < -0.39 is 11.6 Å². The molecule has 2 bridgehead atoms. The van der Waals surface area contributed by atoms with Gasteiger partial charge in [0.2, 0.25) is 0 Å².